The van der Waals surface area contributed by atoms with Gasteiger partial charge >= 0.3 is 0 Å². The van der Waals surface area contributed by atoms with Gasteiger partial charge in [0.1, 0.15) is 0 Å². The minimum atomic E-state index is 1.07. The van der Waals surface area contributed by atoms with Crippen molar-refractivity contribution < 1.29 is 0 Å². The Morgan fingerprint density at radius 2 is 0.371 bits per heavy atom. The summed E-state index contributed by atoms with van der Waals surface area (Å²) in [7, 11) is 0. The van der Waals surface area contributed by atoms with Gasteiger partial charge in [0, 0.05) is 0 Å². The summed E-state index contributed by atoms with van der Waals surface area (Å²) < 4.78 is 0. The summed E-state index contributed by atoms with van der Waals surface area (Å²) in [6.45, 7) is 6.88. The van der Waals surface area contributed by atoms with Crippen LogP contribution in [0.3, 0.4) is 0 Å². The van der Waals surface area contributed by atoms with Gasteiger partial charge < -0.3 is 0 Å². The third kappa shape index (κ3) is 41.7. The van der Waals surface area contributed by atoms with Crippen LogP contribution in [0.25, 0.3) is 0 Å². The minimum absolute atomic E-state index is 1.07. The zero-order valence-corrected chi connectivity index (χ0v) is 26.3. The van der Waals surface area contributed by atoms with E-state index in [-0.39, 0.29) is 0 Å². The molecule has 0 bridgehead atoms. The van der Waals surface area contributed by atoms with Crippen LogP contribution in [0.4, 0.5) is 0 Å². The van der Waals surface area contributed by atoms with Gasteiger partial charge in [0.15, 0.2) is 0 Å². The Balaban J connectivity index is 0. The molecule has 0 atom stereocenters. The van der Waals surface area contributed by atoms with Crippen LogP contribution >= 0.6 is 12.6 Å². The lowest BCUT2D eigenvalue weighted by molar-refractivity contribution is 0.531. The molecule has 0 unspecified atom stereocenters. The Hall–Kier alpha value is 0.350. The third-order valence-electron chi connectivity index (χ3n) is 7.47. The lowest BCUT2D eigenvalue weighted by atomic mass is 10.0. The molecular formula is C34H72S. The van der Waals surface area contributed by atoms with Gasteiger partial charge in [-0.2, -0.15) is 12.6 Å². The number of hydrogen-bond donors (Lipinski definition) is 1. The van der Waals surface area contributed by atoms with E-state index >= 15 is 0 Å². The van der Waals surface area contributed by atoms with Crippen molar-refractivity contribution in [3.05, 3.63) is 0 Å². The lowest BCUT2D eigenvalue weighted by Crippen LogP contribution is -1.83. The van der Waals surface area contributed by atoms with Crippen LogP contribution in [-0.4, -0.2) is 5.75 Å². The van der Waals surface area contributed by atoms with Gasteiger partial charge in [0.2, 0.25) is 0 Å². The van der Waals surface area contributed by atoms with Crippen LogP contribution in [0.15, 0.2) is 0 Å². The molecule has 0 saturated heterocycles. The molecule has 0 aliphatic heterocycles. The number of hydrogen-bond acceptors (Lipinski definition) is 1. The molecule has 0 saturated carbocycles. The van der Waals surface area contributed by atoms with Gasteiger partial charge in [-0.15, -0.1) is 0 Å². The van der Waals surface area contributed by atoms with E-state index < -0.39 is 0 Å². The smallest absolute Gasteiger partial charge is 0.00979 e. The van der Waals surface area contributed by atoms with E-state index in [9.17, 15) is 0 Å². The Morgan fingerprint density at radius 3 is 0.514 bits per heavy atom. The second kappa shape index (κ2) is 38.9. The molecule has 0 rings (SSSR count). The minimum Gasteiger partial charge on any atom is -0.179 e. The van der Waals surface area contributed by atoms with Crippen molar-refractivity contribution in [1.29, 1.82) is 0 Å². The van der Waals surface area contributed by atoms with Gasteiger partial charge in [-0.3, -0.25) is 0 Å². The van der Waals surface area contributed by atoms with Crippen molar-refractivity contribution in [2.24, 2.45) is 0 Å². The van der Waals surface area contributed by atoms with Gasteiger partial charge in [0.05, 0.1) is 0 Å². The SMILES string of the molecule is CCCCCCCCCCCCCCCCCC.CCCCCCCCCCCCCCCCS. The fraction of sp³-hybridized carbons (Fsp3) is 1.00. The first kappa shape index (κ1) is 37.5. The van der Waals surface area contributed by atoms with Gasteiger partial charge in [-0.25, -0.2) is 0 Å². The molecule has 0 nitrogen and oxygen atoms in total. The van der Waals surface area contributed by atoms with Crippen LogP contribution in [0.1, 0.15) is 213 Å². The van der Waals surface area contributed by atoms with Crippen LogP contribution in [0.5, 0.6) is 0 Å². The maximum atomic E-state index is 4.23. The average Bonchev–Trinajstić information content (AvgIpc) is 2.87. The van der Waals surface area contributed by atoms with Crippen LogP contribution in [0.2, 0.25) is 0 Å². The predicted octanol–water partition coefficient (Wildman–Crippen LogP) is 13.7. The third-order valence-corrected chi connectivity index (χ3v) is 7.79. The fourth-order valence-electron chi connectivity index (χ4n) is 4.93. The predicted molar refractivity (Wildman–Crippen MR) is 169 cm³/mol. The second-order valence-electron chi connectivity index (χ2n) is 11.3. The lowest BCUT2D eigenvalue weighted by Gasteiger charge is -2.03. The molecule has 0 aliphatic rings. The van der Waals surface area contributed by atoms with E-state index in [4.69, 9.17) is 0 Å². The molecule has 0 fully saturated rings. The zero-order chi connectivity index (χ0) is 25.9. The highest BCUT2D eigenvalue weighted by atomic mass is 32.1. The normalized spacial score (nSPS) is 11.0. The first-order chi connectivity index (χ1) is 17.3. The molecule has 214 valence electrons. The maximum Gasteiger partial charge on any atom is -0.00979 e. The first-order valence-electron chi connectivity index (χ1n) is 16.9. The molecule has 0 heterocycles. The van der Waals surface area contributed by atoms with Gasteiger partial charge in [-0.1, -0.05) is 207 Å². The molecule has 35 heavy (non-hydrogen) atoms. The highest BCUT2D eigenvalue weighted by Crippen LogP contribution is 2.14. The summed E-state index contributed by atoms with van der Waals surface area (Å²) in [4.78, 5) is 0. The Kier molecular flexibility index (Phi) is 41.7. The van der Waals surface area contributed by atoms with Crippen molar-refractivity contribution in [3.8, 4) is 0 Å². The Bertz CT molecular complexity index is 284. The van der Waals surface area contributed by atoms with E-state index in [0.29, 0.717) is 0 Å². The molecule has 0 aromatic rings. The summed E-state index contributed by atoms with van der Waals surface area (Å²) in [6, 6.07) is 0. The van der Waals surface area contributed by atoms with E-state index in [1.165, 1.54) is 193 Å². The molecule has 0 spiro atoms. The largest absolute Gasteiger partial charge is 0.179 e. The molecule has 0 radical (unpaired) electrons. The molecule has 0 aromatic carbocycles. The van der Waals surface area contributed by atoms with Crippen molar-refractivity contribution in [1.82, 2.24) is 0 Å². The molecule has 0 amide bonds. The molecule has 1 heteroatoms. The van der Waals surface area contributed by atoms with Crippen LogP contribution in [-0.2, 0) is 0 Å². The van der Waals surface area contributed by atoms with Crippen molar-refractivity contribution in [2.45, 2.75) is 213 Å². The highest BCUT2D eigenvalue weighted by Gasteiger charge is 1.95. The average molecular weight is 513 g/mol. The van der Waals surface area contributed by atoms with Crippen molar-refractivity contribution in [3.63, 3.8) is 0 Å². The monoisotopic (exact) mass is 513 g/mol. The molecule has 0 aliphatic carbocycles. The standard InChI is InChI=1S/C18H38.C16H34S/c1-3-5-7-9-11-13-15-17-18-16-14-12-10-8-6-4-2;1-2-3-4-5-6-7-8-9-10-11-12-13-14-15-16-17/h3-18H2,1-2H3;17H,2-16H2,1H3. The number of unbranched alkanes of at least 4 members (excludes halogenated alkanes) is 28. The summed E-state index contributed by atoms with van der Waals surface area (Å²) in [6.07, 6.45) is 43.5. The van der Waals surface area contributed by atoms with E-state index in [1.807, 2.05) is 0 Å². The first-order valence-corrected chi connectivity index (χ1v) is 17.6. The quantitative estimate of drug-likeness (QED) is 0.0747. The van der Waals surface area contributed by atoms with E-state index in [0.717, 1.165) is 5.75 Å². The van der Waals surface area contributed by atoms with Crippen LogP contribution in [0, 0.1) is 0 Å². The van der Waals surface area contributed by atoms with Crippen LogP contribution < -0.4 is 0 Å². The van der Waals surface area contributed by atoms with Crippen molar-refractivity contribution in [2.75, 3.05) is 5.75 Å². The Labute approximate surface area is 231 Å². The van der Waals surface area contributed by atoms with Gasteiger partial charge in [0.25, 0.3) is 0 Å². The molecular weight excluding hydrogens is 440 g/mol. The summed E-state index contributed by atoms with van der Waals surface area (Å²) in [5, 5.41) is 0. The van der Waals surface area contributed by atoms with Crippen molar-refractivity contribution >= 4 is 12.6 Å². The number of thiol groups is 1. The topological polar surface area (TPSA) is 0 Å². The zero-order valence-electron chi connectivity index (χ0n) is 25.4. The summed E-state index contributed by atoms with van der Waals surface area (Å²) in [5.41, 5.74) is 0. The second-order valence-corrected chi connectivity index (χ2v) is 11.7. The number of rotatable bonds is 29. The van der Waals surface area contributed by atoms with E-state index in [2.05, 4.69) is 33.4 Å². The van der Waals surface area contributed by atoms with Gasteiger partial charge in [-0.05, 0) is 12.2 Å². The molecule has 0 aromatic heterocycles. The maximum absolute atomic E-state index is 4.23. The fourth-order valence-corrected chi connectivity index (χ4v) is 5.15. The Morgan fingerprint density at radius 1 is 0.229 bits per heavy atom. The molecule has 0 N–H and O–H groups in total. The van der Waals surface area contributed by atoms with E-state index in [1.54, 1.807) is 0 Å². The highest BCUT2D eigenvalue weighted by molar-refractivity contribution is 7.80. The summed E-state index contributed by atoms with van der Waals surface area (Å²) in [5.74, 6) is 1.07. The summed E-state index contributed by atoms with van der Waals surface area (Å²) >= 11 is 4.23.